The normalized spacial score (nSPS) is 10.8. The van der Waals surface area contributed by atoms with E-state index >= 15 is 0 Å². The molecule has 5 nitrogen and oxygen atoms in total. The monoisotopic (exact) mass is 391 g/mol. The lowest BCUT2D eigenvalue weighted by Crippen LogP contribution is -2.27. The van der Waals surface area contributed by atoms with E-state index in [2.05, 4.69) is 4.90 Å². The van der Waals surface area contributed by atoms with E-state index in [0.29, 0.717) is 12.6 Å². The maximum Gasteiger partial charge on any atom is 0.338 e. The van der Waals surface area contributed by atoms with E-state index in [1.807, 2.05) is 13.8 Å². The zero-order valence-corrected chi connectivity index (χ0v) is 15.9. The molecule has 0 aromatic heterocycles. The Hall–Kier alpha value is -2.80. The van der Waals surface area contributed by atoms with Crippen LogP contribution in [0.25, 0.3) is 0 Å². The summed E-state index contributed by atoms with van der Waals surface area (Å²) in [6.07, 6.45) is -0.356. The standard InChI is InChI=1S/C21H23F2NO4/c1-3-24(4-2)10-11-27-21(26)16-6-5-7-18(12-16)28-20(25)13-15-8-9-17(22)14-19(15)23/h5-9,12,14H,3-4,10-11,13H2,1-2H3. The first-order chi connectivity index (χ1) is 13.4. The maximum absolute atomic E-state index is 13.6. The second kappa shape index (κ2) is 10.5. The number of nitrogens with zero attached hydrogens (tertiary/aromatic N) is 1. The highest BCUT2D eigenvalue weighted by molar-refractivity contribution is 5.90. The van der Waals surface area contributed by atoms with Gasteiger partial charge in [-0.1, -0.05) is 26.0 Å². The molecule has 0 aliphatic heterocycles. The molecule has 0 amide bonds. The van der Waals surface area contributed by atoms with Crippen LogP contribution in [0.15, 0.2) is 42.5 Å². The van der Waals surface area contributed by atoms with E-state index in [4.69, 9.17) is 9.47 Å². The van der Waals surface area contributed by atoms with Gasteiger partial charge in [-0.15, -0.1) is 0 Å². The Morgan fingerprint density at radius 1 is 1.04 bits per heavy atom. The van der Waals surface area contributed by atoms with E-state index in [9.17, 15) is 18.4 Å². The van der Waals surface area contributed by atoms with Gasteiger partial charge in [0.1, 0.15) is 24.0 Å². The molecule has 0 bridgehead atoms. The molecule has 28 heavy (non-hydrogen) atoms. The van der Waals surface area contributed by atoms with Crippen molar-refractivity contribution in [2.45, 2.75) is 20.3 Å². The molecule has 7 heteroatoms. The molecular formula is C21H23F2NO4. The number of hydrogen-bond donors (Lipinski definition) is 0. The van der Waals surface area contributed by atoms with Crippen molar-refractivity contribution in [3.63, 3.8) is 0 Å². The molecule has 0 atom stereocenters. The summed E-state index contributed by atoms with van der Waals surface area (Å²) in [4.78, 5) is 26.3. The zero-order chi connectivity index (χ0) is 20.5. The first kappa shape index (κ1) is 21.5. The van der Waals surface area contributed by atoms with Crippen molar-refractivity contribution in [2.75, 3.05) is 26.2 Å². The van der Waals surface area contributed by atoms with Crippen LogP contribution in [0, 0.1) is 11.6 Å². The van der Waals surface area contributed by atoms with Crippen LogP contribution >= 0.6 is 0 Å². The predicted molar refractivity (Wildman–Crippen MR) is 100 cm³/mol. The molecule has 0 fully saturated rings. The summed E-state index contributed by atoms with van der Waals surface area (Å²) in [5, 5.41) is 0. The Kier molecular flexibility index (Phi) is 8.07. The van der Waals surface area contributed by atoms with Gasteiger partial charge in [-0.3, -0.25) is 4.79 Å². The number of carbonyl (C=O) groups excluding carboxylic acids is 2. The van der Waals surface area contributed by atoms with E-state index in [-0.39, 0.29) is 29.9 Å². The molecular weight excluding hydrogens is 368 g/mol. The van der Waals surface area contributed by atoms with Crippen LogP contribution in [-0.2, 0) is 16.0 Å². The van der Waals surface area contributed by atoms with Crippen molar-refractivity contribution in [3.8, 4) is 5.75 Å². The minimum absolute atomic E-state index is 0.0263. The number of benzene rings is 2. The summed E-state index contributed by atoms with van der Waals surface area (Å²) in [7, 11) is 0. The lowest BCUT2D eigenvalue weighted by molar-refractivity contribution is -0.133. The summed E-state index contributed by atoms with van der Waals surface area (Å²) in [5.41, 5.74) is 0.274. The number of hydrogen-bond acceptors (Lipinski definition) is 5. The van der Waals surface area contributed by atoms with E-state index < -0.39 is 23.6 Å². The summed E-state index contributed by atoms with van der Waals surface area (Å²) >= 11 is 0. The molecule has 0 N–H and O–H groups in total. The van der Waals surface area contributed by atoms with Crippen LogP contribution in [0.2, 0.25) is 0 Å². The third-order valence-corrected chi connectivity index (χ3v) is 4.19. The SMILES string of the molecule is CCN(CC)CCOC(=O)c1cccc(OC(=O)Cc2ccc(F)cc2F)c1. The van der Waals surface area contributed by atoms with Crippen LogP contribution in [0.1, 0.15) is 29.8 Å². The quantitative estimate of drug-likeness (QED) is 0.483. The van der Waals surface area contributed by atoms with Crippen LogP contribution in [-0.4, -0.2) is 43.1 Å². The van der Waals surface area contributed by atoms with Crippen LogP contribution in [0.3, 0.4) is 0 Å². The number of esters is 2. The van der Waals surface area contributed by atoms with Gasteiger partial charge >= 0.3 is 11.9 Å². The summed E-state index contributed by atoms with van der Waals surface area (Å²) in [6.45, 7) is 6.69. The highest BCUT2D eigenvalue weighted by Gasteiger charge is 2.13. The minimum Gasteiger partial charge on any atom is -0.461 e. The largest absolute Gasteiger partial charge is 0.461 e. The molecule has 0 saturated heterocycles. The third kappa shape index (κ3) is 6.42. The number of rotatable bonds is 9. The Morgan fingerprint density at radius 2 is 1.79 bits per heavy atom. The highest BCUT2D eigenvalue weighted by atomic mass is 19.1. The Labute approximate surface area is 162 Å². The summed E-state index contributed by atoms with van der Waals surface area (Å²) in [5.74, 6) is -2.64. The average molecular weight is 391 g/mol. The number of halogens is 2. The lowest BCUT2D eigenvalue weighted by Gasteiger charge is -2.17. The molecule has 0 spiro atoms. The van der Waals surface area contributed by atoms with Crippen LogP contribution in [0.5, 0.6) is 5.75 Å². The van der Waals surface area contributed by atoms with Crippen LogP contribution < -0.4 is 4.74 Å². The molecule has 0 saturated carbocycles. The Bertz CT molecular complexity index is 822. The first-order valence-corrected chi connectivity index (χ1v) is 9.07. The minimum atomic E-state index is -0.817. The second-order valence-corrected chi connectivity index (χ2v) is 6.08. The molecule has 0 aliphatic rings. The van der Waals surface area contributed by atoms with Crippen molar-refractivity contribution in [3.05, 3.63) is 65.2 Å². The average Bonchev–Trinajstić information content (AvgIpc) is 2.67. The molecule has 2 aromatic carbocycles. The fourth-order valence-corrected chi connectivity index (χ4v) is 2.57. The van der Waals surface area contributed by atoms with Crippen molar-refractivity contribution >= 4 is 11.9 Å². The van der Waals surface area contributed by atoms with Crippen LogP contribution in [0.4, 0.5) is 8.78 Å². The third-order valence-electron chi connectivity index (χ3n) is 4.19. The van der Waals surface area contributed by atoms with Crippen molar-refractivity contribution in [1.82, 2.24) is 4.90 Å². The smallest absolute Gasteiger partial charge is 0.338 e. The number of likely N-dealkylation sites (N-methyl/N-ethyl adjacent to an activating group) is 1. The maximum atomic E-state index is 13.6. The molecule has 150 valence electrons. The van der Waals surface area contributed by atoms with E-state index in [1.165, 1.54) is 18.2 Å². The van der Waals surface area contributed by atoms with E-state index in [1.54, 1.807) is 12.1 Å². The van der Waals surface area contributed by atoms with Crippen molar-refractivity contribution in [2.24, 2.45) is 0 Å². The number of ether oxygens (including phenoxy) is 2. The fraction of sp³-hybridized carbons (Fsp3) is 0.333. The van der Waals surface area contributed by atoms with Gasteiger partial charge < -0.3 is 14.4 Å². The Morgan fingerprint density at radius 3 is 2.46 bits per heavy atom. The summed E-state index contributed by atoms with van der Waals surface area (Å²) in [6, 6.07) is 8.97. The first-order valence-electron chi connectivity index (χ1n) is 9.07. The van der Waals surface area contributed by atoms with Gasteiger partial charge in [0.2, 0.25) is 0 Å². The second-order valence-electron chi connectivity index (χ2n) is 6.08. The summed E-state index contributed by atoms with van der Waals surface area (Å²) < 4.78 is 37.0. The number of carbonyl (C=O) groups is 2. The predicted octanol–water partition coefficient (Wildman–Crippen LogP) is 3.61. The fourth-order valence-electron chi connectivity index (χ4n) is 2.57. The molecule has 0 unspecified atom stereocenters. The molecule has 0 aliphatic carbocycles. The van der Waals surface area contributed by atoms with Crippen molar-refractivity contribution < 1.29 is 27.8 Å². The van der Waals surface area contributed by atoms with Gasteiger partial charge in [-0.2, -0.15) is 0 Å². The molecule has 0 heterocycles. The zero-order valence-electron chi connectivity index (χ0n) is 15.9. The topological polar surface area (TPSA) is 55.8 Å². The highest BCUT2D eigenvalue weighted by Crippen LogP contribution is 2.16. The van der Waals surface area contributed by atoms with Gasteiger partial charge in [-0.05, 0) is 42.9 Å². The lowest BCUT2D eigenvalue weighted by atomic mass is 10.1. The molecule has 2 rings (SSSR count). The molecule has 0 radical (unpaired) electrons. The van der Waals surface area contributed by atoms with Gasteiger partial charge in [0.15, 0.2) is 0 Å². The van der Waals surface area contributed by atoms with Gasteiger partial charge in [0, 0.05) is 12.6 Å². The van der Waals surface area contributed by atoms with Crippen molar-refractivity contribution in [1.29, 1.82) is 0 Å². The Balaban J connectivity index is 1.92. The molecule has 2 aromatic rings. The van der Waals surface area contributed by atoms with Gasteiger partial charge in [0.05, 0.1) is 12.0 Å². The van der Waals surface area contributed by atoms with Gasteiger partial charge in [0.25, 0.3) is 0 Å². The van der Waals surface area contributed by atoms with Gasteiger partial charge in [-0.25, -0.2) is 13.6 Å². The van der Waals surface area contributed by atoms with E-state index in [0.717, 1.165) is 19.2 Å².